The standard InChI is InChI=1S/C24H18ClN3O7S/c1-33-15-7-13(8-16(10-15)34-2)21-26-24(28-27-21)36-20(23(31)32)11-14-4-6-19(35-14)17-9-12(22(29)30)3-5-18(17)25/h3-11H,1-2H3,(H,29,30)(H,31,32)(H,26,27,28)/b20-11-. The molecular formula is C24H18ClN3O7S. The number of aromatic carboxylic acids is 1. The van der Waals surface area contributed by atoms with Crippen LogP contribution in [0.25, 0.3) is 28.8 Å². The molecule has 0 radical (unpaired) electrons. The van der Waals surface area contributed by atoms with Crippen LogP contribution in [-0.4, -0.2) is 51.6 Å². The molecule has 4 aromatic rings. The summed E-state index contributed by atoms with van der Waals surface area (Å²) in [6.45, 7) is 0. The van der Waals surface area contributed by atoms with E-state index in [0.717, 1.165) is 11.8 Å². The van der Waals surface area contributed by atoms with Gasteiger partial charge in [0.15, 0.2) is 5.82 Å². The van der Waals surface area contributed by atoms with Gasteiger partial charge in [0.2, 0.25) is 5.16 Å². The molecule has 0 amide bonds. The number of hydrogen-bond acceptors (Lipinski definition) is 8. The molecule has 12 heteroatoms. The van der Waals surface area contributed by atoms with Crippen molar-refractivity contribution in [2.75, 3.05) is 14.2 Å². The molecule has 0 spiro atoms. The van der Waals surface area contributed by atoms with Crippen molar-refractivity contribution in [3.63, 3.8) is 0 Å². The molecule has 0 aliphatic rings. The van der Waals surface area contributed by atoms with E-state index in [-0.39, 0.29) is 27.1 Å². The van der Waals surface area contributed by atoms with E-state index in [1.165, 1.54) is 38.5 Å². The van der Waals surface area contributed by atoms with Gasteiger partial charge in [-0.1, -0.05) is 11.6 Å². The highest BCUT2D eigenvalue weighted by Crippen LogP contribution is 2.34. The molecule has 0 saturated heterocycles. The second-order valence-corrected chi connectivity index (χ2v) is 8.60. The Morgan fingerprint density at radius 3 is 2.42 bits per heavy atom. The van der Waals surface area contributed by atoms with E-state index in [1.54, 1.807) is 30.3 Å². The lowest BCUT2D eigenvalue weighted by Gasteiger charge is -2.06. The summed E-state index contributed by atoms with van der Waals surface area (Å²) >= 11 is 7.02. The van der Waals surface area contributed by atoms with Gasteiger partial charge in [-0.05, 0) is 54.2 Å². The Morgan fingerprint density at radius 1 is 1.06 bits per heavy atom. The van der Waals surface area contributed by atoms with Crippen molar-refractivity contribution in [1.82, 2.24) is 15.2 Å². The van der Waals surface area contributed by atoms with Crippen molar-refractivity contribution in [2.24, 2.45) is 0 Å². The number of thioether (sulfide) groups is 1. The van der Waals surface area contributed by atoms with Crippen LogP contribution in [0.1, 0.15) is 16.1 Å². The average molecular weight is 528 g/mol. The van der Waals surface area contributed by atoms with Crippen LogP contribution in [0.5, 0.6) is 11.5 Å². The van der Waals surface area contributed by atoms with Gasteiger partial charge in [0.25, 0.3) is 0 Å². The SMILES string of the molecule is COc1cc(OC)cc(-c2nc(S/C(=C\c3ccc(-c4cc(C(=O)O)ccc4Cl)o3)C(=O)O)n[nH]2)c1. The third-order valence-electron chi connectivity index (χ3n) is 4.88. The maximum Gasteiger partial charge on any atom is 0.342 e. The Labute approximate surface area is 213 Å². The van der Waals surface area contributed by atoms with Gasteiger partial charge in [0.1, 0.15) is 27.9 Å². The molecule has 3 N–H and O–H groups in total. The van der Waals surface area contributed by atoms with Gasteiger partial charge < -0.3 is 24.1 Å². The number of aliphatic carboxylic acids is 1. The number of furan rings is 1. The smallest absolute Gasteiger partial charge is 0.342 e. The van der Waals surface area contributed by atoms with E-state index in [2.05, 4.69) is 15.2 Å². The first-order chi connectivity index (χ1) is 17.3. The topological polar surface area (TPSA) is 148 Å². The summed E-state index contributed by atoms with van der Waals surface area (Å²) in [5.41, 5.74) is 1.05. The van der Waals surface area contributed by atoms with Crippen LogP contribution in [0.15, 0.2) is 63.0 Å². The first-order valence-corrected chi connectivity index (χ1v) is 11.4. The summed E-state index contributed by atoms with van der Waals surface area (Å²) < 4.78 is 16.3. The van der Waals surface area contributed by atoms with Crippen molar-refractivity contribution < 1.29 is 33.7 Å². The normalized spacial score (nSPS) is 11.4. The number of aromatic amines is 1. The van der Waals surface area contributed by atoms with E-state index >= 15 is 0 Å². The fraction of sp³-hybridized carbons (Fsp3) is 0.0833. The molecule has 0 fully saturated rings. The van der Waals surface area contributed by atoms with Crippen molar-refractivity contribution >= 4 is 41.4 Å². The number of benzene rings is 2. The van der Waals surface area contributed by atoms with Gasteiger partial charge in [0.05, 0.1) is 24.8 Å². The Hall–Kier alpha value is -4.22. The molecule has 0 saturated carbocycles. The van der Waals surface area contributed by atoms with Gasteiger partial charge >= 0.3 is 11.9 Å². The van der Waals surface area contributed by atoms with Gasteiger partial charge in [-0.15, -0.1) is 5.10 Å². The van der Waals surface area contributed by atoms with Crippen LogP contribution in [-0.2, 0) is 4.79 Å². The molecule has 36 heavy (non-hydrogen) atoms. The predicted molar refractivity (Wildman–Crippen MR) is 133 cm³/mol. The number of carboxylic acids is 2. The highest BCUT2D eigenvalue weighted by molar-refractivity contribution is 8.04. The lowest BCUT2D eigenvalue weighted by Crippen LogP contribution is -1.97. The van der Waals surface area contributed by atoms with Gasteiger partial charge in [-0.2, -0.15) is 0 Å². The first-order valence-electron chi connectivity index (χ1n) is 10.2. The number of ether oxygens (including phenoxy) is 2. The predicted octanol–water partition coefficient (Wildman–Crippen LogP) is 5.32. The van der Waals surface area contributed by atoms with Crippen molar-refractivity contribution in [2.45, 2.75) is 5.16 Å². The number of nitrogens with one attached hydrogen (secondary N) is 1. The highest BCUT2D eigenvalue weighted by atomic mass is 35.5. The molecule has 0 aliphatic heterocycles. The summed E-state index contributed by atoms with van der Waals surface area (Å²) in [6, 6.07) is 12.5. The molecule has 0 bridgehead atoms. The number of halogens is 1. The van der Waals surface area contributed by atoms with Gasteiger partial charge in [-0.25, -0.2) is 14.6 Å². The van der Waals surface area contributed by atoms with E-state index in [4.69, 9.17) is 25.5 Å². The minimum atomic E-state index is -1.21. The minimum absolute atomic E-state index is 0.0405. The molecule has 0 aliphatic carbocycles. The molecule has 2 heterocycles. The molecule has 2 aromatic carbocycles. The van der Waals surface area contributed by atoms with Gasteiger partial charge in [0, 0.05) is 23.3 Å². The number of carboxylic acid groups (broad SMARTS) is 2. The quantitative estimate of drug-likeness (QED) is 0.193. The maximum atomic E-state index is 11.9. The van der Waals surface area contributed by atoms with Crippen LogP contribution in [0.2, 0.25) is 5.02 Å². The molecule has 0 unspecified atom stereocenters. The van der Waals surface area contributed by atoms with Crippen molar-refractivity contribution in [1.29, 1.82) is 0 Å². The number of methoxy groups -OCH3 is 2. The summed E-state index contributed by atoms with van der Waals surface area (Å²) in [6.07, 6.45) is 1.32. The Balaban J connectivity index is 1.59. The number of rotatable bonds is 9. The van der Waals surface area contributed by atoms with Gasteiger partial charge in [-0.3, -0.25) is 5.10 Å². The Bertz CT molecular complexity index is 1460. The Kier molecular flexibility index (Phi) is 7.32. The third kappa shape index (κ3) is 5.53. The fourth-order valence-corrected chi connectivity index (χ4v) is 4.05. The highest BCUT2D eigenvalue weighted by Gasteiger charge is 2.17. The lowest BCUT2D eigenvalue weighted by atomic mass is 10.1. The molecule has 4 rings (SSSR count). The first kappa shape index (κ1) is 24.9. The molecular weight excluding hydrogens is 510 g/mol. The largest absolute Gasteiger partial charge is 0.497 e. The van der Waals surface area contributed by atoms with Crippen LogP contribution < -0.4 is 9.47 Å². The number of carbonyl (C=O) groups is 2. The molecule has 10 nitrogen and oxygen atoms in total. The number of hydrogen-bond donors (Lipinski definition) is 3. The summed E-state index contributed by atoms with van der Waals surface area (Å²) in [5.74, 6) is -0.294. The second kappa shape index (κ2) is 10.6. The van der Waals surface area contributed by atoms with E-state index in [1.807, 2.05) is 0 Å². The van der Waals surface area contributed by atoms with Crippen LogP contribution in [0.3, 0.4) is 0 Å². The number of aromatic nitrogens is 3. The van der Waals surface area contributed by atoms with Crippen molar-refractivity contribution in [3.8, 4) is 34.2 Å². The number of H-pyrrole nitrogens is 1. The number of nitrogens with zero attached hydrogens (tertiary/aromatic N) is 2. The average Bonchev–Trinajstić information content (AvgIpc) is 3.53. The molecule has 184 valence electrons. The molecule has 0 atom stereocenters. The van der Waals surface area contributed by atoms with E-state index in [0.29, 0.717) is 33.5 Å². The van der Waals surface area contributed by atoms with Crippen LogP contribution in [0.4, 0.5) is 0 Å². The van der Waals surface area contributed by atoms with Crippen molar-refractivity contribution in [3.05, 3.63) is 69.8 Å². The summed E-state index contributed by atoms with van der Waals surface area (Å²) in [7, 11) is 3.06. The lowest BCUT2D eigenvalue weighted by molar-refractivity contribution is -0.131. The fourth-order valence-electron chi connectivity index (χ4n) is 3.15. The van der Waals surface area contributed by atoms with Crippen LogP contribution >= 0.6 is 23.4 Å². The summed E-state index contributed by atoms with van der Waals surface area (Å²) in [5, 5.41) is 26.3. The maximum absolute atomic E-state index is 11.9. The Morgan fingerprint density at radius 2 is 1.78 bits per heavy atom. The zero-order valence-electron chi connectivity index (χ0n) is 18.8. The third-order valence-corrected chi connectivity index (χ3v) is 6.09. The van der Waals surface area contributed by atoms with E-state index < -0.39 is 11.9 Å². The zero-order chi connectivity index (χ0) is 25.8. The molecule has 2 aromatic heterocycles. The zero-order valence-corrected chi connectivity index (χ0v) is 20.4. The minimum Gasteiger partial charge on any atom is -0.497 e. The monoisotopic (exact) mass is 527 g/mol. The summed E-state index contributed by atoms with van der Waals surface area (Å²) in [4.78, 5) is 27.4. The second-order valence-electron chi connectivity index (χ2n) is 7.19. The van der Waals surface area contributed by atoms with E-state index in [9.17, 15) is 19.8 Å². The van der Waals surface area contributed by atoms with Crippen LogP contribution in [0, 0.1) is 0 Å².